The van der Waals surface area contributed by atoms with Crippen LogP contribution in [0.4, 0.5) is 0 Å². The minimum atomic E-state index is 0.770. The Morgan fingerprint density at radius 3 is 2.03 bits per heavy atom. The van der Waals surface area contributed by atoms with Crippen molar-refractivity contribution in [2.24, 2.45) is 5.92 Å². The standard InChI is InChI=1S/C32H40/c1-23-9-15-30(16-10-23)32-20-19-31(22-26(32)4)29-17-12-27(13-18-29)7-5-6-8-28-14-11-24(2)21-25(28)3/h11-14,17-23,30H,5-10,15-16H2,1-4H3. The van der Waals surface area contributed by atoms with E-state index in [2.05, 4.69) is 88.4 Å². The number of benzene rings is 3. The minimum Gasteiger partial charge on any atom is -0.0625 e. The van der Waals surface area contributed by atoms with Crippen molar-refractivity contribution in [1.29, 1.82) is 0 Å². The van der Waals surface area contributed by atoms with Crippen molar-refractivity contribution in [2.45, 2.75) is 85.0 Å². The van der Waals surface area contributed by atoms with E-state index in [0.29, 0.717) is 0 Å². The fourth-order valence-corrected chi connectivity index (χ4v) is 5.52. The lowest BCUT2D eigenvalue weighted by molar-refractivity contribution is 0.347. The summed E-state index contributed by atoms with van der Waals surface area (Å²) in [5.41, 5.74) is 11.5. The van der Waals surface area contributed by atoms with Gasteiger partial charge in [-0.1, -0.05) is 86.0 Å². The van der Waals surface area contributed by atoms with E-state index in [1.807, 2.05) is 0 Å². The SMILES string of the molecule is Cc1ccc(CCCCc2ccc(-c3ccc(C4CCC(C)CC4)c(C)c3)cc2)c(C)c1. The number of rotatable bonds is 7. The second kappa shape index (κ2) is 10.5. The molecular formula is C32H40. The zero-order valence-electron chi connectivity index (χ0n) is 20.6. The molecule has 1 aliphatic carbocycles. The van der Waals surface area contributed by atoms with Gasteiger partial charge in [-0.15, -0.1) is 0 Å². The maximum atomic E-state index is 2.41. The largest absolute Gasteiger partial charge is 0.0625 e. The highest BCUT2D eigenvalue weighted by atomic mass is 14.3. The second-order valence-electron chi connectivity index (χ2n) is 10.4. The summed E-state index contributed by atoms with van der Waals surface area (Å²) in [5.74, 6) is 1.68. The first kappa shape index (κ1) is 22.8. The predicted molar refractivity (Wildman–Crippen MR) is 140 cm³/mol. The van der Waals surface area contributed by atoms with Crippen LogP contribution in [0.2, 0.25) is 0 Å². The van der Waals surface area contributed by atoms with Crippen LogP contribution in [0.3, 0.4) is 0 Å². The number of unbranched alkanes of at least 4 members (excludes halogenated alkanes) is 1. The smallest absolute Gasteiger partial charge is 0.0159 e. The molecule has 0 nitrogen and oxygen atoms in total. The molecule has 0 aliphatic heterocycles. The number of hydrogen-bond donors (Lipinski definition) is 0. The topological polar surface area (TPSA) is 0 Å². The molecular weight excluding hydrogens is 384 g/mol. The van der Waals surface area contributed by atoms with Gasteiger partial charge in [0.1, 0.15) is 0 Å². The van der Waals surface area contributed by atoms with Crippen LogP contribution in [-0.2, 0) is 12.8 Å². The molecule has 0 heterocycles. The molecule has 0 saturated heterocycles. The zero-order chi connectivity index (χ0) is 22.5. The molecule has 32 heavy (non-hydrogen) atoms. The van der Waals surface area contributed by atoms with E-state index >= 15 is 0 Å². The van der Waals surface area contributed by atoms with Gasteiger partial charge in [-0.05, 0) is 110 Å². The maximum absolute atomic E-state index is 2.41. The van der Waals surface area contributed by atoms with Crippen LogP contribution in [0.1, 0.15) is 84.7 Å². The fourth-order valence-electron chi connectivity index (χ4n) is 5.52. The summed E-state index contributed by atoms with van der Waals surface area (Å²) in [5, 5.41) is 0. The molecule has 1 aliphatic rings. The molecule has 168 valence electrons. The average Bonchev–Trinajstić information content (AvgIpc) is 2.79. The molecule has 0 atom stereocenters. The zero-order valence-corrected chi connectivity index (χ0v) is 20.6. The van der Waals surface area contributed by atoms with Gasteiger partial charge in [0.05, 0.1) is 0 Å². The van der Waals surface area contributed by atoms with E-state index in [9.17, 15) is 0 Å². The van der Waals surface area contributed by atoms with Gasteiger partial charge in [0.15, 0.2) is 0 Å². The molecule has 3 aromatic rings. The van der Waals surface area contributed by atoms with E-state index < -0.39 is 0 Å². The van der Waals surface area contributed by atoms with Crippen molar-refractivity contribution in [1.82, 2.24) is 0 Å². The molecule has 0 radical (unpaired) electrons. The third-order valence-electron chi connectivity index (χ3n) is 7.67. The first-order valence-electron chi connectivity index (χ1n) is 12.8. The Bertz CT molecular complexity index is 1020. The Hall–Kier alpha value is -2.34. The summed E-state index contributed by atoms with van der Waals surface area (Å²) in [7, 11) is 0. The predicted octanol–water partition coefficient (Wildman–Crippen LogP) is 9.14. The molecule has 0 bridgehead atoms. The maximum Gasteiger partial charge on any atom is -0.0159 e. The van der Waals surface area contributed by atoms with Gasteiger partial charge in [-0.25, -0.2) is 0 Å². The molecule has 0 heteroatoms. The molecule has 0 amide bonds. The lowest BCUT2D eigenvalue weighted by Crippen LogP contribution is -2.11. The van der Waals surface area contributed by atoms with E-state index in [0.717, 1.165) is 11.8 Å². The van der Waals surface area contributed by atoms with Crippen LogP contribution in [0.5, 0.6) is 0 Å². The summed E-state index contributed by atoms with van der Waals surface area (Å²) >= 11 is 0. The van der Waals surface area contributed by atoms with Crippen LogP contribution >= 0.6 is 0 Å². The quantitative estimate of drug-likeness (QED) is 0.332. The van der Waals surface area contributed by atoms with Gasteiger partial charge in [0.2, 0.25) is 0 Å². The molecule has 4 rings (SSSR count). The van der Waals surface area contributed by atoms with Crippen molar-refractivity contribution in [3.63, 3.8) is 0 Å². The van der Waals surface area contributed by atoms with Gasteiger partial charge in [0, 0.05) is 0 Å². The van der Waals surface area contributed by atoms with Crippen molar-refractivity contribution < 1.29 is 0 Å². The fraction of sp³-hybridized carbons (Fsp3) is 0.438. The van der Waals surface area contributed by atoms with Crippen molar-refractivity contribution in [2.75, 3.05) is 0 Å². The highest BCUT2D eigenvalue weighted by molar-refractivity contribution is 5.65. The summed E-state index contributed by atoms with van der Waals surface area (Å²) in [4.78, 5) is 0. The molecule has 0 unspecified atom stereocenters. The van der Waals surface area contributed by atoms with Gasteiger partial charge in [0.25, 0.3) is 0 Å². The van der Waals surface area contributed by atoms with E-state index in [4.69, 9.17) is 0 Å². The molecule has 0 N–H and O–H groups in total. The number of aryl methyl sites for hydroxylation is 5. The first-order valence-corrected chi connectivity index (χ1v) is 12.8. The van der Waals surface area contributed by atoms with Gasteiger partial charge in [-0.2, -0.15) is 0 Å². The van der Waals surface area contributed by atoms with Gasteiger partial charge >= 0.3 is 0 Å². The van der Waals surface area contributed by atoms with Gasteiger partial charge < -0.3 is 0 Å². The summed E-state index contributed by atoms with van der Waals surface area (Å²) in [6.45, 7) is 9.13. The highest BCUT2D eigenvalue weighted by Crippen LogP contribution is 2.37. The summed E-state index contributed by atoms with van der Waals surface area (Å²) in [6, 6.07) is 23.3. The lowest BCUT2D eigenvalue weighted by Gasteiger charge is -2.27. The van der Waals surface area contributed by atoms with Gasteiger partial charge in [-0.3, -0.25) is 0 Å². The van der Waals surface area contributed by atoms with Crippen LogP contribution < -0.4 is 0 Å². The number of hydrogen-bond acceptors (Lipinski definition) is 0. The molecule has 3 aromatic carbocycles. The molecule has 0 spiro atoms. The van der Waals surface area contributed by atoms with Crippen molar-refractivity contribution in [3.05, 3.63) is 94.0 Å². The average molecular weight is 425 g/mol. The Kier molecular flexibility index (Phi) is 7.51. The Balaban J connectivity index is 1.31. The lowest BCUT2D eigenvalue weighted by atomic mass is 9.78. The van der Waals surface area contributed by atoms with Crippen LogP contribution in [0.25, 0.3) is 11.1 Å². The minimum absolute atomic E-state index is 0.770. The van der Waals surface area contributed by atoms with Crippen LogP contribution in [-0.4, -0.2) is 0 Å². The highest BCUT2D eigenvalue weighted by Gasteiger charge is 2.21. The second-order valence-corrected chi connectivity index (χ2v) is 10.4. The first-order chi connectivity index (χ1) is 15.5. The van der Waals surface area contributed by atoms with E-state index in [-0.39, 0.29) is 0 Å². The summed E-state index contributed by atoms with van der Waals surface area (Å²) < 4.78 is 0. The monoisotopic (exact) mass is 424 g/mol. The van der Waals surface area contributed by atoms with Crippen LogP contribution in [0.15, 0.2) is 60.7 Å². The third-order valence-corrected chi connectivity index (χ3v) is 7.67. The molecule has 1 saturated carbocycles. The van der Waals surface area contributed by atoms with Crippen molar-refractivity contribution >= 4 is 0 Å². The third kappa shape index (κ3) is 5.71. The van der Waals surface area contributed by atoms with Crippen molar-refractivity contribution in [3.8, 4) is 11.1 Å². The molecule has 1 fully saturated rings. The Morgan fingerprint density at radius 1 is 0.656 bits per heavy atom. The summed E-state index contributed by atoms with van der Waals surface area (Å²) in [6.07, 6.45) is 10.4. The van der Waals surface area contributed by atoms with Crippen LogP contribution in [0, 0.1) is 26.7 Å². The van der Waals surface area contributed by atoms with E-state index in [1.165, 1.54) is 90.3 Å². The normalized spacial score (nSPS) is 18.6. The Labute approximate surface area is 196 Å². The van der Waals surface area contributed by atoms with E-state index in [1.54, 1.807) is 5.56 Å². The Morgan fingerprint density at radius 2 is 1.34 bits per heavy atom. The molecule has 0 aromatic heterocycles.